The normalized spacial score (nSPS) is 8.45. The van der Waals surface area contributed by atoms with E-state index in [1.807, 2.05) is 0 Å². The summed E-state index contributed by atoms with van der Waals surface area (Å²) in [4.78, 5) is 14.7. The lowest BCUT2D eigenvalue weighted by molar-refractivity contribution is 0.0988. The standard InChI is InChI=1S/C7H7N3O/c1-2-3-4-6(11)7-8-5-9-10-7/h5H,4H2,1H3,(H,8,9,10). The third-order valence-corrected chi connectivity index (χ3v) is 1.10. The average Bonchev–Trinajstić information content (AvgIpc) is 2.52. The van der Waals surface area contributed by atoms with Crippen LogP contribution in [0.2, 0.25) is 0 Å². The highest BCUT2D eigenvalue weighted by molar-refractivity contribution is 5.93. The van der Waals surface area contributed by atoms with Crippen molar-refractivity contribution in [2.45, 2.75) is 13.3 Å². The van der Waals surface area contributed by atoms with Gasteiger partial charge in [0.25, 0.3) is 0 Å². The summed E-state index contributed by atoms with van der Waals surface area (Å²) in [5.74, 6) is 5.42. The molecule has 4 heteroatoms. The summed E-state index contributed by atoms with van der Waals surface area (Å²) < 4.78 is 0. The molecule has 11 heavy (non-hydrogen) atoms. The maximum atomic E-state index is 11.0. The minimum atomic E-state index is -0.128. The maximum Gasteiger partial charge on any atom is 0.211 e. The van der Waals surface area contributed by atoms with Crippen molar-refractivity contribution in [3.63, 3.8) is 0 Å². The van der Waals surface area contributed by atoms with Gasteiger partial charge in [-0.2, -0.15) is 5.10 Å². The molecule has 0 aliphatic rings. The third kappa shape index (κ3) is 1.90. The molecule has 0 atom stereocenters. The highest BCUT2D eigenvalue weighted by Crippen LogP contribution is 1.91. The fraction of sp³-hybridized carbons (Fsp3) is 0.286. The van der Waals surface area contributed by atoms with Gasteiger partial charge in [-0.25, -0.2) is 4.98 Å². The monoisotopic (exact) mass is 149 g/mol. The Balaban J connectivity index is 2.61. The molecule has 1 rings (SSSR count). The number of hydrogen-bond acceptors (Lipinski definition) is 3. The van der Waals surface area contributed by atoms with Crippen LogP contribution in [0.3, 0.4) is 0 Å². The van der Waals surface area contributed by atoms with Crippen LogP contribution in [0.1, 0.15) is 24.0 Å². The van der Waals surface area contributed by atoms with E-state index in [1.54, 1.807) is 6.92 Å². The lowest BCUT2D eigenvalue weighted by Crippen LogP contribution is -1.99. The zero-order chi connectivity index (χ0) is 8.10. The number of rotatable bonds is 2. The van der Waals surface area contributed by atoms with Crippen LogP contribution < -0.4 is 0 Å². The first-order valence-corrected chi connectivity index (χ1v) is 3.12. The second-order valence-corrected chi connectivity index (χ2v) is 1.86. The van der Waals surface area contributed by atoms with Crippen molar-refractivity contribution >= 4 is 5.78 Å². The first kappa shape index (κ1) is 7.48. The molecule has 0 saturated heterocycles. The molecule has 0 aliphatic heterocycles. The molecule has 0 saturated carbocycles. The van der Waals surface area contributed by atoms with E-state index in [1.165, 1.54) is 6.33 Å². The van der Waals surface area contributed by atoms with Crippen LogP contribution in [0.15, 0.2) is 6.33 Å². The summed E-state index contributed by atoms with van der Waals surface area (Å²) in [5, 5.41) is 6.01. The average molecular weight is 149 g/mol. The Morgan fingerprint density at radius 3 is 3.18 bits per heavy atom. The fourth-order valence-electron chi connectivity index (χ4n) is 0.592. The molecule has 0 amide bonds. The van der Waals surface area contributed by atoms with Crippen LogP contribution in [-0.4, -0.2) is 21.0 Å². The lowest BCUT2D eigenvalue weighted by Gasteiger charge is -1.85. The van der Waals surface area contributed by atoms with Crippen molar-refractivity contribution in [3.8, 4) is 11.8 Å². The summed E-state index contributed by atoms with van der Waals surface area (Å²) in [6.07, 6.45) is 1.50. The summed E-state index contributed by atoms with van der Waals surface area (Å²) in [5.41, 5.74) is 0. The Morgan fingerprint density at radius 1 is 1.82 bits per heavy atom. The van der Waals surface area contributed by atoms with Crippen LogP contribution in [-0.2, 0) is 0 Å². The SMILES string of the molecule is CC#CCC(=O)c1ncn[nH]1. The molecule has 1 aromatic rings. The highest BCUT2D eigenvalue weighted by Gasteiger charge is 2.05. The van der Waals surface area contributed by atoms with Gasteiger partial charge in [-0.1, -0.05) is 5.92 Å². The van der Waals surface area contributed by atoms with E-state index in [-0.39, 0.29) is 18.0 Å². The molecule has 56 valence electrons. The fourth-order valence-corrected chi connectivity index (χ4v) is 0.592. The Kier molecular flexibility index (Phi) is 2.39. The van der Waals surface area contributed by atoms with Crippen LogP contribution in [0.25, 0.3) is 0 Å². The summed E-state index contributed by atoms with van der Waals surface area (Å²) in [7, 11) is 0. The van der Waals surface area contributed by atoms with Gasteiger partial charge in [0.15, 0.2) is 5.82 Å². The topological polar surface area (TPSA) is 58.6 Å². The number of Topliss-reactive ketones (excluding diaryl/α,β-unsaturated/α-hetero) is 1. The lowest BCUT2D eigenvalue weighted by atomic mass is 10.3. The first-order valence-electron chi connectivity index (χ1n) is 3.12. The van der Waals surface area contributed by atoms with E-state index in [0.717, 1.165) is 0 Å². The highest BCUT2D eigenvalue weighted by atomic mass is 16.1. The molecule has 1 aromatic heterocycles. The molecule has 4 nitrogen and oxygen atoms in total. The molecule has 1 heterocycles. The molecule has 0 fully saturated rings. The summed E-state index contributed by atoms with van der Waals surface area (Å²) in [6, 6.07) is 0. The molecule has 0 spiro atoms. The van der Waals surface area contributed by atoms with Crippen molar-refractivity contribution < 1.29 is 4.79 Å². The predicted octanol–water partition coefficient (Wildman–Crippen LogP) is 0.401. The molecule has 0 radical (unpaired) electrons. The Labute approximate surface area is 64.0 Å². The van der Waals surface area contributed by atoms with E-state index in [9.17, 15) is 4.79 Å². The van der Waals surface area contributed by atoms with Crippen molar-refractivity contribution in [3.05, 3.63) is 12.2 Å². The smallest absolute Gasteiger partial charge is 0.211 e. The molecular formula is C7H7N3O. The molecular weight excluding hydrogens is 142 g/mol. The van der Waals surface area contributed by atoms with Crippen molar-refractivity contribution in [2.24, 2.45) is 0 Å². The Hall–Kier alpha value is -1.63. The number of nitrogens with one attached hydrogen (secondary N) is 1. The van der Waals surface area contributed by atoms with Gasteiger partial charge in [-0.15, -0.1) is 5.92 Å². The minimum Gasteiger partial charge on any atom is -0.290 e. The van der Waals surface area contributed by atoms with Gasteiger partial charge in [0.2, 0.25) is 5.78 Å². The van der Waals surface area contributed by atoms with Gasteiger partial charge < -0.3 is 0 Å². The second-order valence-electron chi connectivity index (χ2n) is 1.86. The van der Waals surface area contributed by atoms with Crippen LogP contribution >= 0.6 is 0 Å². The van der Waals surface area contributed by atoms with Crippen molar-refractivity contribution in [1.82, 2.24) is 15.2 Å². The van der Waals surface area contributed by atoms with Gasteiger partial charge >= 0.3 is 0 Å². The molecule has 0 aliphatic carbocycles. The second kappa shape index (κ2) is 3.52. The zero-order valence-electron chi connectivity index (χ0n) is 6.09. The van der Waals surface area contributed by atoms with Crippen molar-refractivity contribution in [1.29, 1.82) is 0 Å². The van der Waals surface area contributed by atoms with Crippen LogP contribution in [0, 0.1) is 11.8 Å². The number of aromatic amines is 1. The van der Waals surface area contributed by atoms with Crippen LogP contribution in [0.5, 0.6) is 0 Å². The summed E-state index contributed by atoms with van der Waals surface area (Å²) >= 11 is 0. The van der Waals surface area contributed by atoms with Gasteiger partial charge in [-0.05, 0) is 6.92 Å². The van der Waals surface area contributed by atoms with Crippen molar-refractivity contribution in [2.75, 3.05) is 0 Å². The zero-order valence-corrected chi connectivity index (χ0v) is 6.09. The van der Waals surface area contributed by atoms with E-state index in [2.05, 4.69) is 27.0 Å². The number of H-pyrrole nitrogens is 1. The molecule has 0 aromatic carbocycles. The number of aromatic nitrogens is 3. The van der Waals surface area contributed by atoms with Gasteiger partial charge in [-0.3, -0.25) is 9.89 Å². The van der Waals surface area contributed by atoms with E-state index in [0.29, 0.717) is 0 Å². The number of nitrogens with zero attached hydrogens (tertiary/aromatic N) is 2. The quantitative estimate of drug-likeness (QED) is 0.489. The molecule has 0 unspecified atom stereocenters. The van der Waals surface area contributed by atoms with Crippen LogP contribution in [0.4, 0.5) is 0 Å². The molecule has 1 N–H and O–H groups in total. The van der Waals surface area contributed by atoms with E-state index in [4.69, 9.17) is 0 Å². The van der Waals surface area contributed by atoms with E-state index >= 15 is 0 Å². The Morgan fingerprint density at radius 2 is 2.64 bits per heavy atom. The maximum absolute atomic E-state index is 11.0. The number of carbonyl (C=O) groups excluding carboxylic acids is 1. The van der Waals surface area contributed by atoms with E-state index < -0.39 is 0 Å². The first-order chi connectivity index (χ1) is 5.34. The number of carbonyl (C=O) groups is 1. The van der Waals surface area contributed by atoms with Gasteiger partial charge in [0, 0.05) is 0 Å². The third-order valence-electron chi connectivity index (χ3n) is 1.10. The Bertz CT molecular complexity index is 291. The molecule has 0 bridgehead atoms. The largest absolute Gasteiger partial charge is 0.290 e. The summed E-state index contributed by atoms with van der Waals surface area (Å²) in [6.45, 7) is 1.69. The van der Waals surface area contributed by atoms with Gasteiger partial charge in [0.1, 0.15) is 6.33 Å². The minimum absolute atomic E-state index is 0.128. The predicted molar refractivity (Wildman–Crippen MR) is 38.8 cm³/mol. The number of ketones is 1. The number of hydrogen-bond donors (Lipinski definition) is 1. The van der Waals surface area contributed by atoms with Gasteiger partial charge in [0.05, 0.1) is 6.42 Å².